The monoisotopic (exact) mass is 230 g/mol. The highest BCUT2D eigenvalue weighted by atomic mass is 16.5. The van der Waals surface area contributed by atoms with Crippen LogP contribution in [0.1, 0.15) is 19.3 Å². The molecule has 0 aliphatic carbocycles. The lowest BCUT2D eigenvalue weighted by Crippen LogP contribution is -2.41. The third-order valence-electron chi connectivity index (χ3n) is 2.58. The van der Waals surface area contributed by atoms with Gasteiger partial charge in [0.25, 0.3) is 0 Å². The number of carbonyl (C=O) groups excluding carboxylic acids is 1. The zero-order valence-corrected chi connectivity index (χ0v) is 9.22. The minimum atomic E-state index is -0.842. The quantitative estimate of drug-likeness (QED) is 0.637. The number of ether oxygens (including phenoxy) is 1. The van der Waals surface area contributed by atoms with E-state index in [1.165, 1.54) is 0 Å². The van der Waals surface area contributed by atoms with E-state index in [1.807, 2.05) is 4.90 Å². The topological polar surface area (TPSA) is 92.9 Å². The number of nitrogens with zero attached hydrogens (tertiary/aromatic N) is 1. The molecule has 1 rings (SSSR count). The molecule has 0 saturated carbocycles. The van der Waals surface area contributed by atoms with Gasteiger partial charge in [-0.15, -0.1) is 0 Å². The second-order valence-corrected chi connectivity index (χ2v) is 3.96. The van der Waals surface area contributed by atoms with E-state index in [9.17, 15) is 9.59 Å². The molecule has 6 heteroatoms. The number of carboxylic acid groups (broad SMARTS) is 1. The van der Waals surface area contributed by atoms with Gasteiger partial charge in [-0.05, 0) is 12.8 Å². The number of hydrogen-bond acceptors (Lipinski definition) is 4. The van der Waals surface area contributed by atoms with Crippen molar-refractivity contribution in [2.45, 2.75) is 25.4 Å². The van der Waals surface area contributed by atoms with Crippen LogP contribution in [0.4, 0.5) is 0 Å². The van der Waals surface area contributed by atoms with E-state index < -0.39 is 5.97 Å². The smallest absolute Gasteiger partial charge is 0.305 e. The number of carboxylic acids is 1. The van der Waals surface area contributed by atoms with Crippen molar-refractivity contribution in [1.29, 1.82) is 0 Å². The summed E-state index contributed by atoms with van der Waals surface area (Å²) >= 11 is 0. The van der Waals surface area contributed by atoms with Gasteiger partial charge >= 0.3 is 5.97 Å². The van der Waals surface area contributed by atoms with Gasteiger partial charge in [-0.2, -0.15) is 0 Å². The summed E-state index contributed by atoms with van der Waals surface area (Å²) in [6.07, 6.45) is 1.81. The number of nitrogens with two attached hydrogens (primary N) is 1. The number of piperidine rings is 1. The first-order chi connectivity index (χ1) is 7.58. The molecule has 6 nitrogen and oxygen atoms in total. The first kappa shape index (κ1) is 12.9. The summed E-state index contributed by atoms with van der Waals surface area (Å²) in [5.41, 5.74) is 5.09. The van der Waals surface area contributed by atoms with Crippen LogP contribution in [-0.4, -0.2) is 54.2 Å². The molecule has 16 heavy (non-hydrogen) atoms. The van der Waals surface area contributed by atoms with Gasteiger partial charge in [-0.1, -0.05) is 0 Å². The fourth-order valence-electron chi connectivity index (χ4n) is 1.77. The van der Waals surface area contributed by atoms with Crippen LogP contribution < -0.4 is 5.73 Å². The van der Waals surface area contributed by atoms with Crippen LogP contribution in [0.2, 0.25) is 0 Å². The van der Waals surface area contributed by atoms with Crippen molar-refractivity contribution in [2.75, 3.05) is 26.2 Å². The maximum absolute atomic E-state index is 10.7. The van der Waals surface area contributed by atoms with Gasteiger partial charge in [0.05, 0.1) is 25.7 Å². The predicted molar refractivity (Wildman–Crippen MR) is 56.9 cm³/mol. The molecule has 0 aromatic rings. The lowest BCUT2D eigenvalue weighted by atomic mass is 10.1. The molecule has 0 unspecified atom stereocenters. The summed E-state index contributed by atoms with van der Waals surface area (Å²) in [7, 11) is 0. The normalized spacial score (nSPS) is 18.5. The second-order valence-electron chi connectivity index (χ2n) is 3.96. The highest BCUT2D eigenvalue weighted by Crippen LogP contribution is 2.13. The number of amides is 1. The van der Waals surface area contributed by atoms with Crippen molar-refractivity contribution < 1.29 is 19.4 Å². The average molecular weight is 230 g/mol. The molecular formula is C10H18N2O4. The van der Waals surface area contributed by atoms with E-state index in [1.54, 1.807) is 0 Å². The van der Waals surface area contributed by atoms with Crippen molar-refractivity contribution in [1.82, 2.24) is 4.90 Å². The van der Waals surface area contributed by atoms with Crippen molar-refractivity contribution in [3.63, 3.8) is 0 Å². The SMILES string of the molecule is NC(=O)CN1CCC(OCCC(=O)O)CC1. The summed E-state index contributed by atoms with van der Waals surface area (Å²) in [5, 5.41) is 8.44. The number of likely N-dealkylation sites (tertiary alicyclic amines) is 1. The first-order valence-corrected chi connectivity index (χ1v) is 5.42. The van der Waals surface area contributed by atoms with Gasteiger partial charge in [0, 0.05) is 13.1 Å². The Hall–Kier alpha value is -1.14. The van der Waals surface area contributed by atoms with Crippen LogP contribution in [0.5, 0.6) is 0 Å². The minimum Gasteiger partial charge on any atom is -0.481 e. The summed E-state index contributed by atoms with van der Waals surface area (Å²) in [6, 6.07) is 0. The lowest BCUT2D eigenvalue weighted by molar-refractivity contribution is -0.139. The standard InChI is InChI=1S/C10H18N2O4/c11-9(13)7-12-4-1-8(2-5-12)16-6-3-10(14)15/h8H,1-7H2,(H2,11,13)(H,14,15). The Balaban J connectivity index is 2.12. The minimum absolute atomic E-state index is 0.0432. The molecule has 3 N–H and O–H groups in total. The maximum Gasteiger partial charge on any atom is 0.305 e. The van der Waals surface area contributed by atoms with Crippen LogP contribution in [0.15, 0.2) is 0 Å². The Bertz CT molecular complexity index is 249. The largest absolute Gasteiger partial charge is 0.481 e. The number of primary amides is 1. The number of rotatable bonds is 6. The van der Waals surface area contributed by atoms with E-state index in [0.29, 0.717) is 6.54 Å². The average Bonchev–Trinajstić information content (AvgIpc) is 2.19. The Labute approximate surface area is 94.3 Å². The highest BCUT2D eigenvalue weighted by molar-refractivity contribution is 5.75. The molecule has 0 spiro atoms. The Morgan fingerprint density at radius 2 is 2.00 bits per heavy atom. The second kappa shape index (κ2) is 6.44. The fourth-order valence-corrected chi connectivity index (χ4v) is 1.77. The van der Waals surface area contributed by atoms with Gasteiger partial charge in [0.15, 0.2) is 0 Å². The lowest BCUT2D eigenvalue weighted by Gasteiger charge is -2.30. The number of hydrogen-bond donors (Lipinski definition) is 2. The van der Waals surface area contributed by atoms with Crippen LogP contribution >= 0.6 is 0 Å². The van der Waals surface area contributed by atoms with Crippen LogP contribution in [-0.2, 0) is 14.3 Å². The molecule has 1 heterocycles. The van der Waals surface area contributed by atoms with Gasteiger partial charge in [0.2, 0.25) is 5.91 Å². The molecular weight excluding hydrogens is 212 g/mol. The molecule has 1 aliphatic rings. The van der Waals surface area contributed by atoms with E-state index in [2.05, 4.69) is 0 Å². The molecule has 1 aliphatic heterocycles. The highest BCUT2D eigenvalue weighted by Gasteiger charge is 2.20. The molecule has 0 atom stereocenters. The van der Waals surface area contributed by atoms with E-state index in [4.69, 9.17) is 15.6 Å². The summed E-state index contributed by atoms with van der Waals surface area (Å²) in [6.45, 7) is 2.11. The van der Waals surface area contributed by atoms with E-state index in [0.717, 1.165) is 25.9 Å². The summed E-state index contributed by atoms with van der Waals surface area (Å²) in [4.78, 5) is 22.9. The van der Waals surface area contributed by atoms with Crippen LogP contribution in [0.25, 0.3) is 0 Å². The van der Waals surface area contributed by atoms with E-state index >= 15 is 0 Å². The zero-order chi connectivity index (χ0) is 12.0. The molecule has 0 bridgehead atoms. The zero-order valence-electron chi connectivity index (χ0n) is 9.22. The van der Waals surface area contributed by atoms with Gasteiger partial charge in [-0.3, -0.25) is 14.5 Å². The van der Waals surface area contributed by atoms with Crippen molar-refractivity contribution in [3.8, 4) is 0 Å². The van der Waals surface area contributed by atoms with Crippen molar-refractivity contribution >= 4 is 11.9 Å². The molecule has 1 amide bonds. The third-order valence-corrected chi connectivity index (χ3v) is 2.58. The molecule has 0 aromatic heterocycles. The first-order valence-electron chi connectivity index (χ1n) is 5.42. The third kappa shape index (κ3) is 5.09. The Kier molecular flexibility index (Phi) is 5.21. The molecule has 1 fully saturated rings. The Morgan fingerprint density at radius 3 is 2.50 bits per heavy atom. The van der Waals surface area contributed by atoms with E-state index in [-0.39, 0.29) is 25.0 Å². The number of aliphatic carboxylic acids is 1. The van der Waals surface area contributed by atoms with Crippen molar-refractivity contribution in [3.05, 3.63) is 0 Å². The van der Waals surface area contributed by atoms with Crippen LogP contribution in [0, 0.1) is 0 Å². The fraction of sp³-hybridized carbons (Fsp3) is 0.800. The van der Waals surface area contributed by atoms with Gasteiger partial charge in [0.1, 0.15) is 0 Å². The van der Waals surface area contributed by atoms with Gasteiger partial charge < -0.3 is 15.6 Å². The van der Waals surface area contributed by atoms with Crippen molar-refractivity contribution in [2.24, 2.45) is 5.73 Å². The molecule has 0 radical (unpaired) electrons. The number of carbonyl (C=O) groups is 2. The van der Waals surface area contributed by atoms with Gasteiger partial charge in [-0.25, -0.2) is 0 Å². The Morgan fingerprint density at radius 1 is 1.38 bits per heavy atom. The maximum atomic E-state index is 10.7. The molecule has 92 valence electrons. The summed E-state index contributed by atoms with van der Waals surface area (Å²) in [5.74, 6) is -1.16. The predicted octanol–water partition coefficient (Wildman–Crippen LogP) is -0.573. The van der Waals surface area contributed by atoms with Crippen LogP contribution in [0.3, 0.4) is 0 Å². The molecule has 0 aromatic carbocycles. The summed E-state index contributed by atoms with van der Waals surface area (Å²) < 4.78 is 5.42. The molecule has 1 saturated heterocycles.